The number of guanidine groups is 1. The molecular formula is C19H17F3N8O2S. The highest BCUT2D eigenvalue weighted by atomic mass is 32.2. The third-order valence-corrected chi connectivity index (χ3v) is 7.58. The van der Waals surface area contributed by atoms with Crippen LogP contribution >= 0.6 is 0 Å². The van der Waals surface area contributed by atoms with Crippen LogP contribution in [-0.2, 0) is 15.5 Å². The van der Waals surface area contributed by atoms with Crippen molar-refractivity contribution in [3.63, 3.8) is 0 Å². The molecule has 2 aromatic rings. The Hall–Kier alpha value is -3.73. The zero-order valence-electron chi connectivity index (χ0n) is 17.1. The number of anilines is 1. The van der Waals surface area contributed by atoms with Gasteiger partial charge in [0.25, 0.3) is 11.8 Å². The van der Waals surface area contributed by atoms with Gasteiger partial charge in [0.2, 0.25) is 5.96 Å². The number of aliphatic imine (C=N–C) groups is 1. The number of rotatable bonds is 3. The quantitative estimate of drug-likeness (QED) is 0.684. The molecule has 0 fully saturated rings. The molecule has 172 valence electrons. The molecule has 1 amide bonds. The lowest BCUT2D eigenvalue weighted by Crippen LogP contribution is -2.58. The summed E-state index contributed by atoms with van der Waals surface area (Å²) in [5.41, 5.74) is 4.43. The Morgan fingerprint density at radius 3 is 2.76 bits per heavy atom. The number of nitrogens with two attached hydrogens (primary N) is 1. The van der Waals surface area contributed by atoms with Crippen molar-refractivity contribution in [2.75, 3.05) is 24.2 Å². The molecular weight excluding hydrogens is 461 g/mol. The molecule has 4 rings (SSSR count). The molecule has 2 aliphatic rings. The van der Waals surface area contributed by atoms with Crippen molar-refractivity contribution >= 4 is 27.5 Å². The van der Waals surface area contributed by atoms with Crippen molar-refractivity contribution in [1.82, 2.24) is 14.3 Å². The first-order valence-corrected chi connectivity index (χ1v) is 11.1. The first-order chi connectivity index (χ1) is 15.4. The van der Waals surface area contributed by atoms with Crippen molar-refractivity contribution in [2.45, 2.75) is 18.4 Å². The fraction of sp³-hybridized carbons (Fsp3) is 0.316. The van der Waals surface area contributed by atoms with E-state index in [1.54, 1.807) is 6.07 Å². The van der Waals surface area contributed by atoms with E-state index in [-0.39, 0.29) is 28.4 Å². The van der Waals surface area contributed by atoms with Crippen LogP contribution in [0.2, 0.25) is 0 Å². The van der Waals surface area contributed by atoms with Crippen LogP contribution in [0.15, 0.2) is 39.9 Å². The highest BCUT2D eigenvalue weighted by Gasteiger charge is 2.48. The average Bonchev–Trinajstić information content (AvgIpc) is 2.76. The fourth-order valence-electron chi connectivity index (χ4n) is 3.54. The number of amides is 1. The number of nitriles is 1. The van der Waals surface area contributed by atoms with Crippen molar-refractivity contribution in [1.29, 1.82) is 5.26 Å². The number of halogens is 3. The smallest absolute Gasteiger partial charge is 0.286 e. The Balaban J connectivity index is 1.66. The molecule has 0 radical (unpaired) electrons. The Labute approximate surface area is 186 Å². The number of benzene rings is 1. The van der Waals surface area contributed by atoms with E-state index in [4.69, 9.17) is 11.0 Å². The van der Waals surface area contributed by atoms with Gasteiger partial charge < -0.3 is 11.1 Å². The van der Waals surface area contributed by atoms with Gasteiger partial charge in [0, 0.05) is 11.3 Å². The molecule has 2 aliphatic heterocycles. The molecule has 3 heterocycles. The molecule has 0 bridgehead atoms. The summed E-state index contributed by atoms with van der Waals surface area (Å²) < 4.78 is 60.1. The lowest BCUT2D eigenvalue weighted by molar-refractivity contribution is -0.000393. The Morgan fingerprint density at radius 1 is 1.33 bits per heavy atom. The van der Waals surface area contributed by atoms with Crippen LogP contribution in [0, 0.1) is 17.1 Å². The van der Waals surface area contributed by atoms with Gasteiger partial charge in [0.15, 0.2) is 5.69 Å². The maximum Gasteiger partial charge on any atom is 0.286 e. The molecule has 33 heavy (non-hydrogen) atoms. The minimum absolute atomic E-state index is 0.0327. The van der Waals surface area contributed by atoms with Crippen LogP contribution in [0.25, 0.3) is 0 Å². The normalized spacial score (nSPS) is 25.8. The summed E-state index contributed by atoms with van der Waals surface area (Å²) in [5.74, 6) is -5.39. The minimum Gasteiger partial charge on any atom is -0.369 e. The summed E-state index contributed by atoms with van der Waals surface area (Å²) in [5, 5.41) is 11.3. The van der Waals surface area contributed by atoms with Crippen molar-refractivity contribution in [3.8, 4) is 6.07 Å². The lowest BCUT2D eigenvalue weighted by atomic mass is 9.93. The minimum atomic E-state index is -3.39. The lowest BCUT2D eigenvalue weighted by Gasteiger charge is -2.42. The van der Waals surface area contributed by atoms with E-state index in [9.17, 15) is 22.2 Å². The number of nitrogens with one attached hydrogen (secondary N) is 1. The van der Waals surface area contributed by atoms with E-state index in [0.29, 0.717) is 0 Å². The van der Waals surface area contributed by atoms with Crippen molar-refractivity contribution in [3.05, 3.63) is 53.4 Å². The number of nitrogens with zero attached hydrogens (tertiary/aromatic N) is 6. The van der Waals surface area contributed by atoms with Gasteiger partial charge in [-0.2, -0.15) is 5.26 Å². The number of carbonyl (C=O) groups excluding carboxylic acids is 1. The zero-order chi connectivity index (χ0) is 24.0. The van der Waals surface area contributed by atoms with Crippen LogP contribution in [-0.4, -0.2) is 55.1 Å². The van der Waals surface area contributed by atoms with Gasteiger partial charge in [-0.1, -0.05) is 0 Å². The van der Waals surface area contributed by atoms with E-state index < -0.39 is 52.1 Å². The predicted octanol–water partition coefficient (Wildman–Crippen LogP) is 1.62. The zero-order valence-corrected chi connectivity index (χ0v) is 17.9. The standard InChI is InChI=1S/C19H17F3N8O2S/c1-18(10-33(32)27-8-19(21,22)9-30(33)17(24)29-18)13-4-11(2-3-14(13)20)28-16(31)15-7-25-12(5-23)6-26-15/h2-4,6-7H,8-10H2,1H3,(H2,24,29)(H,28,31)/t18-,33+/m0/s1. The topological polar surface area (TPSA) is 150 Å². The second kappa shape index (κ2) is 7.69. The van der Waals surface area contributed by atoms with Crippen LogP contribution in [0.3, 0.4) is 0 Å². The molecule has 2 atom stereocenters. The molecule has 0 aliphatic carbocycles. The molecule has 14 heteroatoms. The van der Waals surface area contributed by atoms with Crippen molar-refractivity contribution < 1.29 is 22.2 Å². The summed E-state index contributed by atoms with van der Waals surface area (Å²) in [6.07, 6.45) is 2.25. The van der Waals surface area contributed by atoms with Gasteiger partial charge >= 0.3 is 0 Å². The second-order valence-corrected chi connectivity index (χ2v) is 9.92. The van der Waals surface area contributed by atoms with Gasteiger partial charge in [0.1, 0.15) is 46.1 Å². The second-order valence-electron chi connectivity index (χ2n) is 7.72. The van der Waals surface area contributed by atoms with E-state index in [1.807, 2.05) is 0 Å². The SMILES string of the molecule is C[C@@]1(c2cc(NC(=O)c3cnc(C#N)cn3)ccc2F)C[S@@]2(=O)=NCC(F)(F)CN2C(N)=N1. The summed E-state index contributed by atoms with van der Waals surface area (Å²) in [4.78, 5) is 24.2. The maximum atomic E-state index is 14.8. The molecule has 1 aromatic heterocycles. The van der Waals surface area contributed by atoms with E-state index in [1.165, 1.54) is 19.1 Å². The number of hydrogen-bond acceptors (Lipinski definition) is 8. The maximum absolute atomic E-state index is 14.8. The first kappa shape index (κ1) is 22.5. The molecule has 10 nitrogen and oxygen atoms in total. The Kier molecular flexibility index (Phi) is 5.24. The summed E-state index contributed by atoms with van der Waals surface area (Å²) in [6.45, 7) is -0.372. The number of aromatic nitrogens is 2. The number of hydrogen-bond donors (Lipinski definition) is 2. The van der Waals surface area contributed by atoms with Crippen LogP contribution in [0.4, 0.5) is 18.9 Å². The monoisotopic (exact) mass is 478 g/mol. The predicted molar refractivity (Wildman–Crippen MR) is 112 cm³/mol. The molecule has 0 saturated heterocycles. The Bertz CT molecular complexity index is 1330. The highest BCUT2D eigenvalue weighted by molar-refractivity contribution is 7.92. The van der Waals surface area contributed by atoms with Gasteiger partial charge in [-0.25, -0.2) is 41.0 Å². The molecule has 0 spiro atoms. The molecule has 1 aromatic carbocycles. The van der Waals surface area contributed by atoms with Crippen molar-refractivity contribution in [2.24, 2.45) is 15.1 Å². The molecule has 0 saturated carbocycles. The third-order valence-electron chi connectivity index (χ3n) is 5.11. The fourth-order valence-corrected chi connectivity index (χ4v) is 5.99. The summed E-state index contributed by atoms with van der Waals surface area (Å²) in [7, 11) is -3.39. The number of carbonyl (C=O) groups is 1. The molecule has 0 unspecified atom stereocenters. The van der Waals surface area contributed by atoms with Gasteiger partial charge in [-0.05, 0) is 25.1 Å². The number of fused-ring (bicyclic) bond motifs is 1. The van der Waals surface area contributed by atoms with E-state index in [2.05, 4.69) is 24.6 Å². The summed E-state index contributed by atoms with van der Waals surface area (Å²) in [6, 6.07) is 5.45. The summed E-state index contributed by atoms with van der Waals surface area (Å²) >= 11 is 0. The molecule has 3 N–H and O–H groups in total. The van der Waals surface area contributed by atoms with E-state index in [0.717, 1.165) is 22.8 Å². The van der Waals surface area contributed by atoms with E-state index >= 15 is 0 Å². The largest absolute Gasteiger partial charge is 0.369 e. The number of alkyl halides is 2. The van der Waals surface area contributed by atoms with Gasteiger partial charge in [-0.3, -0.25) is 4.79 Å². The van der Waals surface area contributed by atoms with Crippen LogP contribution in [0.1, 0.15) is 28.7 Å². The van der Waals surface area contributed by atoms with Crippen LogP contribution in [0.5, 0.6) is 0 Å². The van der Waals surface area contributed by atoms with Gasteiger partial charge in [0.05, 0.1) is 18.1 Å². The average molecular weight is 478 g/mol. The Morgan fingerprint density at radius 2 is 2.09 bits per heavy atom. The van der Waals surface area contributed by atoms with Crippen LogP contribution < -0.4 is 11.1 Å². The first-order valence-electron chi connectivity index (χ1n) is 9.50. The third kappa shape index (κ3) is 4.19. The highest BCUT2D eigenvalue weighted by Crippen LogP contribution is 2.38. The van der Waals surface area contributed by atoms with Gasteiger partial charge in [-0.15, -0.1) is 0 Å².